The zero-order valence-corrected chi connectivity index (χ0v) is 10.3. The molecule has 1 heterocycles. The van der Waals surface area contributed by atoms with E-state index in [1.54, 1.807) is 0 Å². The van der Waals surface area contributed by atoms with Crippen LogP contribution in [0.25, 0.3) is 0 Å². The smallest absolute Gasteiger partial charge is 0.256 e. The summed E-state index contributed by atoms with van der Waals surface area (Å²) < 4.78 is 13.0. The second-order valence-electron chi connectivity index (χ2n) is 3.29. The Bertz CT molecular complexity index is 607. The molecule has 0 saturated carbocycles. The molecular weight excluding hydrogens is 280 g/mol. The molecule has 0 aliphatic carbocycles. The van der Waals surface area contributed by atoms with Crippen LogP contribution in [0.3, 0.4) is 0 Å². The lowest BCUT2D eigenvalue weighted by molar-refractivity contribution is 0.102. The largest absolute Gasteiger partial charge is 0.305 e. The molecule has 0 spiro atoms. The number of nitrogens with one attached hydrogen (secondary N) is 1. The van der Waals surface area contributed by atoms with E-state index in [0.717, 1.165) is 12.4 Å². The topological polar surface area (TPSA) is 54.9 Å². The highest BCUT2D eigenvalue weighted by molar-refractivity contribution is 6.43. The summed E-state index contributed by atoms with van der Waals surface area (Å²) in [4.78, 5) is 19.2. The summed E-state index contributed by atoms with van der Waals surface area (Å²) in [5.41, 5.74) is 0.154. The van der Waals surface area contributed by atoms with Crippen molar-refractivity contribution in [3.05, 3.63) is 52.1 Å². The van der Waals surface area contributed by atoms with Gasteiger partial charge in [0.1, 0.15) is 17.2 Å². The van der Waals surface area contributed by atoms with Gasteiger partial charge in [-0.15, -0.1) is 0 Å². The Balaban J connectivity index is 2.24. The molecule has 0 aliphatic heterocycles. The molecule has 2 rings (SSSR count). The second-order valence-corrected chi connectivity index (χ2v) is 4.03. The lowest BCUT2D eigenvalue weighted by Gasteiger charge is -2.06. The van der Waals surface area contributed by atoms with Gasteiger partial charge < -0.3 is 5.32 Å². The van der Waals surface area contributed by atoms with Crippen LogP contribution in [0.2, 0.25) is 10.2 Å². The van der Waals surface area contributed by atoms with Crippen LogP contribution >= 0.6 is 23.2 Å². The van der Waals surface area contributed by atoms with E-state index in [9.17, 15) is 9.18 Å². The lowest BCUT2D eigenvalue weighted by Crippen LogP contribution is -2.13. The van der Waals surface area contributed by atoms with Crippen LogP contribution in [0.15, 0.2) is 30.6 Å². The zero-order valence-electron chi connectivity index (χ0n) is 8.82. The fourth-order valence-corrected chi connectivity index (χ4v) is 1.52. The van der Waals surface area contributed by atoms with Crippen molar-refractivity contribution < 1.29 is 9.18 Å². The Kier molecular flexibility index (Phi) is 3.74. The van der Waals surface area contributed by atoms with E-state index in [1.165, 1.54) is 18.2 Å². The van der Waals surface area contributed by atoms with Crippen LogP contribution < -0.4 is 5.32 Å². The van der Waals surface area contributed by atoms with Crippen molar-refractivity contribution in [1.82, 2.24) is 9.97 Å². The van der Waals surface area contributed by atoms with Gasteiger partial charge in [-0.05, 0) is 18.2 Å². The summed E-state index contributed by atoms with van der Waals surface area (Å²) in [5, 5.41) is 2.48. The fraction of sp³-hybridized carbons (Fsp3) is 0. The van der Waals surface area contributed by atoms with Crippen molar-refractivity contribution >= 4 is 34.9 Å². The highest BCUT2D eigenvalue weighted by Crippen LogP contribution is 2.25. The van der Waals surface area contributed by atoms with E-state index in [2.05, 4.69) is 15.3 Å². The zero-order chi connectivity index (χ0) is 13.1. The molecule has 1 aromatic heterocycles. The van der Waals surface area contributed by atoms with Crippen molar-refractivity contribution in [2.75, 3.05) is 5.32 Å². The summed E-state index contributed by atoms with van der Waals surface area (Å²) in [5.74, 6) is -0.966. The van der Waals surface area contributed by atoms with Gasteiger partial charge in [0.2, 0.25) is 0 Å². The summed E-state index contributed by atoms with van der Waals surface area (Å²) >= 11 is 11.5. The highest BCUT2D eigenvalue weighted by Gasteiger charge is 2.12. The number of halogens is 3. The van der Waals surface area contributed by atoms with Gasteiger partial charge in [-0.25, -0.2) is 14.4 Å². The molecular formula is C11H6Cl2FN3O. The van der Waals surface area contributed by atoms with Crippen LogP contribution in [0.4, 0.5) is 10.2 Å². The third-order valence-electron chi connectivity index (χ3n) is 2.07. The van der Waals surface area contributed by atoms with Crippen LogP contribution in [-0.4, -0.2) is 15.9 Å². The first-order valence-corrected chi connectivity index (χ1v) is 5.56. The van der Waals surface area contributed by atoms with Gasteiger partial charge in [0, 0.05) is 5.56 Å². The number of carbonyl (C=O) groups excluding carboxylic acids is 1. The second kappa shape index (κ2) is 5.29. The van der Waals surface area contributed by atoms with Gasteiger partial charge in [0.15, 0.2) is 11.0 Å². The number of nitrogens with zero attached hydrogens (tertiary/aromatic N) is 2. The maximum Gasteiger partial charge on any atom is 0.256 e. The van der Waals surface area contributed by atoms with Gasteiger partial charge in [-0.2, -0.15) is 0 Å². The van der Waals surface area contributed by atoms with Gasteiger partial charge in [0.05, 0.1) is 0 Å². The third-order valence-corrected chi connectivity index (χ3v) is 2.81. The SMILES string of the molecule is O=C(Nc1ncnc(Cl)c1Cl)c1cccc(F)c1. The first-order valence-electron chi connectivity index (χ1n) is 4.81. The van der Waals surface area contributed by atoms with E-state index in [1.807, 2.05) is 0 Å². The Hall–Kier alpha value is -1.72. The van der Waals surface area contributed by atoms with Crippen LogP contribution in [-0.2, 0) is 0 Å². The molecule has 0 bridgehead atoms. The molecule has 0 saturated heterocycles. The summed E-state index contributed by atoms with van der Waals surface area (Å²) in [6, 6.07) is 5.24. The van der Waals surface area contributed by atoms with E-state index < -0.39 is 11.7 Å². The Labute approximate surface area is 112 Å². The van der Waals surface area contributed by atoms with Crippen molar-refractivity contribution in [2.24, 2.45) is 0 Å². The van der Waals surface area contributed by atoms with Crippen molar-refractivity contribution in [2.45, 2.75) is 0 Å². The number of hydrogen-bond acceptors (Lipinski definition) is 3. The number of benzene rings is 1. The fourth-order valence-electron chi connectivity index (χ4n) is 1.24. The van der Waals surface area contributed by atoms with Crippen LogP contribution in [0.1, 0.15) is 10.4 Å². The molecule has 92 valence electrons. The van der Waals surface area contributed by atoms with Crippen molar-refractivity contribution in [3.63, 3.8) is 0 Å². The average Bonchev–Trinajstić information content (AvgIpc) is 2.35. The van der Waals surface area contributed by atoms with E-state index in [4.69, 9.17) is 23.2 Å². The molecule has 7 heteroatoms. The molecule has 0 atom stereocenters. The number of hydrogen-bond donors (Lipinski definition) is 1. The summed E-state index contributed by atoms with van der Waals surface area (Å²) in [6.45, 7) is 0. The third kappa shape index (κ3) is 2.75. The predicted molar refractivity (Wildman–Crippen MR) is 66.4 cm³/mol. The Morgan fingerprint density at radius 1 is 1.28 bits per heavy atom. The minimum Gasteiger partial charge on any atom is -0.305 e. The van der Waals surface area contributed by atoms with Gasteiger partial charge >= 0.3 is 0 Å². The molecule has 1 aromatic carbocycles. The molecule has 1 amide bonds. The molecule has 2 aromatic rings. The first kappa shape index (κ1) is 12.7. The normalized spacial score (nSPS) is 10.2. The molecule has 4 nitrogen and oxygen atoms in total. The quantitative estimate of drug-likeness (QED) is 0.863. The van der Waals surface area contributed by atoms with E-state index >= 15 is 0 Å². The minimum atomic E-state index is -0.536. The first-order chi connectivity index (χ1) is 8.58. The Morgan fingerprint density at radius 2 is 2.06 bits per heavy atom. The monoisotopic (exact) mass is 285 g/mol. The van der Waals surface area contributed by atoms with Gasteiger partial charge in [-0.1, -0.05) is 29.3 Å². The Morgan fingerprint density at radius 3 is 2.78 bits per heavy atom. The van der Waals surface area contributed by atoms with E-state index in [0.29, 0.717) is 0 Å². The number of amides is 1. The lowest BCUT2D eigenvalue weighted by atomic mass is 10.2. The van der Waals surface area contributed by atoms with Crippen molar-refractivity contribution in [1.29, 1.82) is 0 Å². The van der Waals surface area contributed by atoms with E-state index in [-0.39, 0.29) is 21.6 Å². The number of aromatic nitrogens is 2. The van der Waals surface area contributed by atoms with Crippen LogP contribution in [0, 0.1) is 5.82 Å². The molecule has 0 aliphatic rings. The highest BCUT2D eigenvalue weighted by atomic mass is 35.5. The minimum absolute atomic E-state index is 0.0289. The molecule has 1 N–H and O–H groups in total. The summed E-state index contributed by atoms with van der Waals surface area (Å²) in [7, 11) is 0. The molecule has 18 heavy (non-hydrogen) atoms. The van der Waals surface area contributed by atoms with Crippen LogP contribution in [0.5, 0.6) is 0 Å². The maximum atomic E-state index is 13.0. The standard InChI is InChI=1S/C11H6Cl2FN3O/c12-8-9(13)15-5-16-10(8)17-11(18)6-2-1-3-7(14)4-6/h1-5H,(H,15,16,17,18). The molecule has 0 fully saturated rings. The molecule has 0 unspecified atom stereocenters. The van der Waals surface area contributed by atoms with Gasteiger partial charge in [0.25, 0.3) is 5.91 Å². The summed E-state index contributed by atoms with van der Waals surface area (Å²) in [6.07, 6.45) is 1.16. The number of anilines is 1. The average molecular weight is 286 g/mol. The number of rotatable bonds is 2. The molecule has 0 radical (unpaired) electrons. The van der Waals surface area contributed by atoms with Crippen molar-refractivity contribution in [3.8, 4) is 0 Å². The maximum absolute atomic E-state index is 13.0. The van der Waals surface area contributed by atoms with Gasteiger partial charge in [-0.3, -0.25) is 4.79 Å². The number of carbonyl (C=O) groups is 1. The predicted octanol–water partition coefficient (Wildman–Crippen LogP) is 3.17.